The summed E-state index contributed by atoms with van der Waals surface area (Å²) in [6, 6.07) is 11.6. The first-order valence-corrected chi connectivity index (χ1v) is 19.0. The number of anilines is 1. The van der Waals surface area contributed by atoms with Crippen LogP contribution in [0.3, 0.4) is 0 Å². The maximum absolute atomic E-state index is 12.8. The number of likely N-dealkylation sites (tertiary alicyclic amines) is 1. The molecule has 1 spiro atoms. The van der Waals surface area contributed by atoms with Gasteiger partial charge in [-0.1, -0.05) is 13.3 Å². The highest BCUT2D eigenvalue weighted by atomic mass is 16.6. The minimum atomic E-state index is -1.19. The van der Waals surface area contributed by atoms with Gasteiger partial charge in [0, 0.05) is 49.4 Å². The molecule has 1 saturated carbocycles. The molecule has 1 atom stereocenters. The van der Waals surface area contributed by atoms with Gasteiger partial charge in [-0.3, -0.25) is 0 Å². The summed E-state index contributed by atoms with van der Waals surface area (Å²) in [4.78, 5) is 26.5. The van der Waals surface area contributed by atoms with E-state index in [4.69, 9.17) is 43.5 Å². The highest BCUT2D eigenvalue weighted by molar-refractivity contribution is 5.68. The number of fused-ring (bicyclic) bond motifs is 1. The number of nitrogens with zero attached hydrogens (tertiary/aromatic N) is 6. The van der Waals surface area contributed by atoms with Crippen LogP contribution < -0.4 is 28.6 Å². The van der Waals surface area contributed by atoms with Crippen LogP contribution in [0.4, 0.5) is 10.6 Å². The fourth-order valence-corrected chi connectivity index (χ4v) is 7.87. The number of carbonyl (C=O) groups excluding carboxylic acids is 1. The molecule has 2 fully saturated rings. The number of hydrogen-bond acceptors (Lipinski definition) is 12. The first kappa shape index (κ1) is 39.7. The maximum Gasteiger partial charge on any atom is 0.410 e. The molecule has 3 heterocycles. The van der Waals surface area contributed by atoms with Crippen LogP contribution in [0.25, 0.3) is 5.65 Å². The smallest absolute Gasteiger partial charge is 0.410 e. The van der Waals surface area contributed by atoms with Crippen molar-refractivity contribution in [2.45, 2.75) is 104 Å². The number of benzene rings is 2. The molecular weight excluding hydrogens is 704 g/mol. The number of piperidine rings is 1. The first-order chi connectivity index (χ1) is 26.2. The van der Waals surface area contributed by atoms with Crippen molar-refractivity contribution in [1.29, 1.82) is 0 Å². The van der Waals surface area contributed by atoms with Gasteiger partial charge in [-0.25, -0.2) is 14.3 Å². The molecule has 2 aliphatic rings. The van der Waals surface area contributed by atoms with E-state index < -0.39 is 11.2 Å². The van der Waals surface area contributed by atoms with E-state index in [2.05, 4.69) is 11.8 Å². The minimum absolute atomic E-state index is 0.107. The number of aliphatic hydroxyl groups is 1. The van der Waals surface area contributed by atoms with Gasteiger partial charge in [0.05, 0.1) is 46.4 Å². The minimum Gasteiger partial charge on any atom is -0.497 e. The molecule has 1 N–H and O–H groups in total. The Bertz CT molecular complexity index is 1900. The van der Waals surface area contributed by atoms with Crippen molar-refractivity contribution >= 4 is 17.6 Å². The lowest BCUT2D eigenvalue weighted by atomic mass is 9.54. The van der Waals surface area contributed by atoms with Crippen LogP contribution in [-0.4, -0.2) is 88.9 Å². The van der Waals surface area contributed by atoms with Crippen molar-refractivity contribution in [3.05, 3.63) is 59.4 Å². The van der Waals surface area contributed by atoms with Gasteiger partial charge < -0.3 is 43.3 Å². The van der Waals surface area contributed by atoms with Gasteiger partial charge in [-0.05, 0) is 89.5 Å². The summed E-state index contributed by atoms with van der Waals surface area (Å²) >= 11 is 0. The van der Waals surface area contributed by atoms with Gasteiger partial charge in [0.2, 0.25) is 0 Å². The fourth-order valence-electron chi connectivity index (χ4n) is 7.87. The Morgan fingerprint density at radius 1 is 0.927 bits per heavy atom. The molecule has 6 rings (SSSR count). The van der Waals surface area contributed by atoms with Crippen molar-refractivity contribution in [2.75, 3.05) is 46.4 Å². The average Bonchev–Trinajstić information content (AvgIpc) is 3.58. The number of amides is 1. The molecule has 1 unspecified atom stereocenters. The number of imidazole rings is 1. The molecule has 1 aliphatic heterocycles. The quantitative estimate of drug-likeness (QED) is 0.142. The topological polar surface area (TPSA) is 142 Å². The SMILES string of the molecule is CCCC(C)Oc1nc(N(Cc2ccc(OC)cc2OC)Cc2ccc(OC)cc2OC)c2ncc(C3(O)CC4(CCN(C(=O)OC(C)(C)C)CC4)C3)n2n1. The first-order valence-electron chi connectivity index (χ1n) is 19.0. The normalized spacial score (nSPS) is 16.7. The summed E-state index contributed by atoms with van der Waals surface area (Å²) < 4.78 is 36.3. The Kier molecular flexibility index (Phi) is 11.6. The zero-order valence-corrected chi connectivity index (χ0v) is 33.7. The van der Waals surface area contributed by atoms with E-state index in [0.717, 1.165) is 36.8 Å². The predicted molar refractivity (Wildman–Crippen MR) is 207 cm³/mol. The second kappa shape index (κ2) is 16.0. The number of hydrogen-bond donors (Lipinski definition) is 1. The number of carbonyl (C=O) groups is 1. The lowest BCUT2D eigenvalue weighted by molar-refractivity contribution is -0.157. The van der Waals surface area contributed by atoms with Crippen molar-refractivity contribution in [1.82, 2.24) is 24.5 Å². The van der Waals surface area contributed by atoms with Crippen molar-refractivity contribution in [3.8, 4) is 29.0 Å². The second-order valence-electron chi connectivity index (χ2n) is 15.9. The molecule has 0 bridgehead atoms. The zero-order valence-electron chi connectivity index (χ0n) is 33.7. The van der Waals surface area contributed by atoms with E-state index in [0.29, 0.717) is 79.2 Å². The summed E-state index contributed by atoms with van der Waals surface area (Å²) in [5.74, 6) is 3.17. The van der Waals surface area contributed by atoms with Gasteiger partial charge in [-0.15, -0.1) is 5.10 Å². The molecule has 4 aromatic rings. The second-order valence-corrected chi connectivity index (χ2v) is 15.9. The Balaban J connectivity index is 1.39. The molecule has 14 nitrogen and oxygen atoms in total. The molecule has 14 heteroatoms. The molecule has 1 saturated heterocycles. The summed E-state index contributed by atoms with van der Waals surface area (Å²) in [6.45, 7) is 11.6. The molecule has 1 aliphatic carbocycles. The van der Waals surface area contributed by atoms with Crippen LogP contribution in [0.5, 0.6) is 29.0 Å². The number of rotatable bonds is 14. The number of ether oxygens (including phenoxy) is 6. The third kappa shape index (κ3) is 8.64. The Morgan fingerprint density at radius 2 is 1.51 bits per heavy atom. The monoisotopic (exact) mass is 760 g/mol. The Hall–Kier alpha value is -4.98. The molecule has 298 valence electrons. The molecule has 1 amide bonds. The van der Waals surface area contributed by atoms with E-state index in [9.17, 15) is 9.90 Å². The van der Waals surface area contributed by atoms with E-state index in [-0.39, 0.29) is 23.6 Å². The largest absolute Gasteiger partial charge is 0.497 e. The van der Waals surface area contributed by atoms with Gasteiger partial charge in [0.1, 0.15) is 34.2 Å². The summed E-state index contributed by atoms with van der Waals surface area (Å²) in [6.07, 6.45) is 5.60. The summed E-state index contributed by atoms with van der Waals surface area (Å²) in [5.41, 5.74) is 0.971. The highest BCUT2D eigenvalue weighted by Gasteiger charge is 2.57. The summed E-state index contributed by atoms with van der Waals surface area (Å²) in [7, 11) is 6.51. The van der Waals surface area contributed by atoms with E-state index in [1.54, 1.807) is 44.1 Å². The van der Waals surface area contributed by atoms with Crippen molar-refractivity contribution in [2.24, 2.45) is 5.41 Å². The summed E-state index contributed by atoms with van der Waals surface area (Å²) in [5, 5.41) is 17.1. The highest BCUT2D eigenvalue weighted by Crippen LogP contribution is 2.59. The van der Waals surface area contributed by atoms with Crippen LogP contribution in [0, 0.1) is 5.41 Å². The van der Waals surface area contributed by atoms with Crippen LogP contribution in [0.1, 0.15) is 90.0 Å². The van der Waals surface area contributed by atoms with Gasteiger partial charge in [0.15, 0.2) is 11.5 Å². The Morgan fingerprint density at radius 3 is 2.02 bits per heavy atom. The molecular formula is C41H56N6O8. The standard InChI is InChI=1S/C41H56N6O8/c1-10-11-27(2)54-37-43-36(46(23-28-12-14-30(50-6)20-32(28)52-8)24-29-13-15-31(51-7)21-33(29)53-9)35-42-22-34(47(35)44-37)41(49)25-40(26-41)16-18-45(19-17-40)38(48)55-39(3,4)5/h12-15,20-22,27,49H,10-11,16-19,23-26H2,1-9H3. The molecule has 0 radical (unpaired) electrons. The fraction of sp³-hybridized carbons (Fsp3) is 0.561. The Labute approximate surface area is 323 Å². The molecule has 2 aromatic carbocycles. The predicted octanol–water partition coefficient (Wildman–Crippen LogP) is 6.93. The lowest BCUT2D eigenvalue weighted by Crippen LogP contribution is -2.56. The van der Waals surface area contributed by atoms with E-state index in [1.807, 2.05) is 64.1 Å². The molecule has 55 heavy (non-hydrogen) atoms. The van der Waals surface area contributed by atoms with Gasteiger partial charge in [-0.2, -0.15) is 4.98 Å². The number of aromatic nitrogens is 4. The lowest BCUT2D eigenvalue weighted by Gasteiger charge is -2.56. The van der Waals surface area contributed by atoms with E-state index in [1.165, 1.54) is 0 Å². The van der Waals surface area contributed by atoms with Crippen LogP contribution in [0.15, 0.2) is 42.6 Å². The van der Waals surface area contributed by atoms with Crippen LogP contribution in [-0.2, 0) is 23.4 Å². The van der Waals surface area contributed by atoms with Crippen LogP contribution in [0.2, 0.25) is 0 Å². The van der Waals surface area contributed by atoms with Crippen LogP contribution >= 0.6 is 0 Å². The third-order valence-corrected chi connectivity index (χ3v) is 10.6. The van der Waals surface area contributed by atoms with Crippen molar-refractivity contribution in [3.63, 3.8) is 0 Å². The van der Waals surface area contributed by atoms with Crippen molar-refractivity contribution < 1.29 is 38.3 Å². The third-order valence-electron chi connectivity index (χ3n) is 10.6. The average molecular weight is 761 g/mol. The van der Waals surface area contributed by atoms with Gasteiger partial charge >= 0.3 is 12.1 Å². The number of methoxy groups -OCH3 is 4. The maximum atomic E-state index is 12.8. The zero-order chi connectivity index (χ0) is 39.5. The van der Waals surface area contributed by atoms with Gasteiger partial charge in [0.25, 0.3) is 0 Å². The molecule has 2 aromatic heterocycles. The van der Waals surface area contributed by atoms with E-state index >= 15 is 0 Å².